The molecule has 23 heavy (non-hydrogen) atoms. The van der Waals surface area contributed by atoms with Crippen LogP contribution in [0.25, 0.3) is 28.1 Å². The molecule has 1 aromatic heterocycles. The van der Waals surface area contributed by atoms with Crippen molar-refractivity contribution >= 4 is 34.1 Å². The normalized spacial score (nSPS) is 10.9. The molecule has 0 aliphatic carbocycles. The van der Waals surface area contributed by atoms with Crippen LogP contribution in [0.3, 0.4) is 0 Å². The lowest BCUT2D eigenvalue weighted by Crippen LogP contribution is -2.33. The van der Waals surface area contributed by atoms with Gasteiger partial charge in [-0.05, 0) is 18.6 Å². The quantitative estimate of drug-likeness (QED) is 0.799. The van der Waals surface area contributed by atoms with Gasteiger partial charge in [0.1, 0.15) is 0 Å². The van der Waals surface area contributed by atoms with Gasteiger partial charge in [-0.2, -0.15) is 5.26 Å². The number of carbonyl (C=O) groups is 1. The molecule has 0 saturated carbocycles. The van der Waals surface area contributed by atoms with Crippen LogP contribution in [0.4, 0.5) is 0 Å². The van der Waals surface area contributed by atoms with Crippen LogP contribution >= 0.6 is 0 Å². The SMILES string of the molecule is C=c1c2cccc3c(C#N)ccc(c(=O)n1CCCC(=O)O)c32. The number of hydrogen-bond donors (Lipinski definition) is 1. The van der Waals surface area contributed by atoms with E-state index in [9.17, 15) is 14.9 Å². The van der Waals surface area contributed by atoms with Crippen molar-refractivity contribution in [2.75, 3.05) is 0 Å². The molecule has 2 aromatic carbocycles. The van der Waals surface area contributed by atoms with E-state index in [2.05, 4.69) is 12.6 Å². The minimum absolute atomic E-state index is 0.00148. The zero-order valence-electron chi connectivity index (χ0n) is 12.4. The lowest BCUT2D eigenvalue weighted by Gasteiger charge is -2.13. The second-order valence-corrected chi connectivity index (χ2v) is 5.40. The maximum absolute atomic E-state index is 12.7. The van der Waals surface area contributed by atoms with Gasteiger partial charge >= 0.3 is 5.97 Å². The highest BCUT2D eigenvalue weighted by atomic mass is 16.4. The topological polar surface area (TPSA) is 83.1 Å². The lowest BCUT2D eigenvalue weighted by atomic mass is 9.98. The van der Waals surface area contributed by atoms with E-state index < -0.39 is 5.97 Å². The minimum atomic E-state index is -0.888. The van der Waals surface area contributed by atoms with Crippen molar-refractivity contribution < 1.29 is 9.90 Å². The Hall–Kier alpha value is -3.13. The fraction of sp³-hybridized carbons (Fsp3) is 0.167. The summed E-state index contributed by atoms with van der Waals surface area (Å²) in [6.45, 7) is 4.30. The average Bonchev–Trinajstić information content (AvgIpc) is 2.54. The summed E-state index contributed by atoms with van der Waals surface area (Å²) in [4.78, 5) is 23.4. The molecule has 0 aliphatic heterocycles. The Morgan fingerprint density at radius 3 is 2.65 bits per heavy atom. The van der Waals surface area contributed by atoms with E-state index in [1.54, 1.807) is 12.1 Å². The van der Waals surface area contributed by atoms with Crippen LogP contribution in [0.1, 0.15) is 18.4 Å². The Kier molecular flexibility index (Phi) is 3.59. The number of rotatable bonds is 4. The Morgan fingerprint density at radius 2 is 1.96 bits per heavy atom. The highest BCUT2D eigenvalue weighted by Crippen LogP contribution is 2.25. The second-order valence-electron chi connectivity index (χ2n) is 5.40. The molecule has 0 amide bonds. The van der Waals surface area contributed by atoms with Crippen molar-refractivity contribution in [3.63, 3.8) is 0 Å². The van der Waals surface area contributed by atoms with Crippen LogP contribution in [0, 0.1) is 11.3 Å². The zero-order chi connectivity index (χ0) is 16.6. The average molecular weight is 306 g/mol. The van der Waals surface area contributed by atoms with Crippen LogP contribution in [0.2, 0.25) is 0 Å². The van der Waals surface area contributed by atoms with Crippen LogP contribution in [0.15, 0.2) is 35.1 Å². The van der Waals surface area contributed by atoms with Crippen LogP contribution < -0.4 is 10.9 Å². The Morgan fingerprint density at radius 1 is 1.22 bits per heavy atom. The van der Waals surface area contributed by atoms with E-state index in [1.807, 2.05) is 18.2 Å². The molecule has 5 heteroatoms. The van der Waals surface area contributed by atoms with Crippen molar-refractivity contribution in [1.29, 1.82) is 5.26 Å². The summed E-state index contributed by atoms with van der Waals surface area (Å²) in [5.41, 5.74) is 0.319. The van der Waals surface area contributed by atoms with Crippen molar-refractivity contribution in [2.24, 2.45) is 0 Å². The summed E-state index contributed by atoms with van der Waals surface area (Å²) in [6, 6.07) is 11.0. The van der Waals surface area contributed by atoms with Crippen molar-refractivity contribution in [2.45, 2.75) is 19.4 Å². The van der Waals surface area contributed by atoms with Gasteiger partial charge < -0.3 is 9.67 Å². The van der Waals surface area contributed by atoms with E-state index in [4.69, 9.17) is 5.11 Å². The molecule has 0 fully saturated rings. The number of hydrogen-bond acceptors (Lipinski definition) is 3. The molecule has 114 valence electrons. The largest absolute Gasteiger partial charge is 0.481 e. The summed E-state index contributed by atoms with van der Waals surface area (Å²) in [6.07, 6.45) is 0.364. The number of nitrogens with zero attached hydrogens (tertiary/aromatic N) is 2. The minimum Gasteiger partial charge on any atom is -0.481 e. The molecule has 1 heterocycles. The maximum Gasteiger partial charge on any atom is 0.303 e. The van der Waals surface area contributed by atoms with Gasteiger partial charge in [-0.15, -0.1) is 0 Å². The molecule has 1 N–H and O–H groups in total. The fourth-order valence-electron chi connectivity index (χ4n) is 2.96. The molecule has 0 atom stereocenters. The Balaban J connectivity index is 2.30. The highest BCUT2D eigenvalue weighted by Gasteiger charge is 2.13. The molecule has 0 unspecified atom stereocenters. The molecular weight excluding hydrogens is 292 g/mol. The van der Waals surface area contributed by atoms with Gasteiger partial charge in [-0.3, -0.25) is 9.59 Å². The molecular formula is C18H14N2O3. The maximum atomic E-state index is 12.7. The molecule has 0 spiro atoms. The zero-order valence-corrected chi connectivity index (χ0v) is 12.4. The van der Waals surface area contributed by atoms with Gasteiger partial charge in [0.15, 0.2) is 0 Å². The van der Waals surface area contributed by atoms with E-state index in [1.165, 1.54) is 4.57 Å². The third kappa shape index (κ3) is 2.34. The van der Waals surface area contributed by atoms with Crippen LogP contribution in [-0.2, 0) is 11.3 Å². The molecule has 5 nitrogen and oxygen atoms in total. The van der Waals surface area contributed by atoms with E-state index in [0.29, 0.717) is 29.3 Å². The Labute approximate surface area is 131 Å². The monoisotopic (exact) mass is 306 g/mol. The van der Waals surface area contributed by atoms with Crippen molar-refractivity contribution in [3.05, 3.63) is 51.6 Å². The first-order valence-corrected chi connectivity index (χ1v) is 7.23. The Bertz CT molecular complexity index is 1040. The molecule has 0 bridgehead atoms. The van der Waals surface area contributed by atoms with Crippen molar-refractivity contribution in [3.8, 4) is 6.07 Å². The van der Waals surface area contributed by atoms with E-state index in [0.717, 1.165) is 16.2 Å². The third-order valence-electron chi connectivity index (χ3n) is 4.05. The van der Waals surface area contributed by atoms with E-state index in [-0.39, 0.29) is 12.0 Å². The second kappa shape index (κ2) is 5.58. The number of carboxylic acid groups (broad SMARTS) is 1. The molecule has 0 saturated heterocycles. The number of nitriles is 1. The summed E-state index contributed by atoms with van der Waals surface area (Å²) in [5, 5.41) is 21.4. The number of aromatic nitrogens is 1. The summed E-state index contributed by atoms with van der Waals surface area (Å²) < 4.78 is 1.52. The van der Waals surface area contributed by atoms with Gasteiger partial charge in [-0.25, -0.2) is 0 Å². The summed E-state index contributed by atoms with van der Waals surface area (Å²) in [5.74, 6) is -0.888. The molecule has 0 radical (unpaired) electrons. The third-order valence-corrected chi connectivity index (χ3v) is 4.05. The predicted molar refractivity (Wildman–Crippen MR) is 88.0 cm³/mol. The predicted octanol–water partition coefficient (Wildman–Crippen LogP) is 2.02. The molecule has 3 aromatic rings. The van der Waals surface area contributed by atoms with Gasteiger partial charge in [0.05, 0.1) is 11.6 Å². The van der Waals surface area contributed by atoms with Gasteiger partial charge in [0, 0.05) is 39.9 Å². The number of aliphatic carboxylic acids is 1. The fourth-order valence-corrected chi connectivity index (χ4v) is 2.96. The van der Waals surface area contributed by atoms with Crippen molar-refractivity contribution in [1.82, 2.24) is 4.57 Å². The lowest BCUT2D eigenvalue weighted by molar-refractivity contribution is -0.137. The number of carboxylic acids is 1. The highest BCUT2D eigenvalue weighted by molar-refractivity contribution is 6.11. The number of pyridine rings is 1. The van der Waals surface area contributed by atoms with Crippen LogP contribution in [-0.4, -0.2) is 15.6 Å². The number of benzene rings is 2. The first-order valence-electron chi connectivity index (χ1n) is 7.23. The summed E-state index contributed by atoms with van der Waals surface area (Å²) >= 11 is 0. The van der Waals surface area contributed by atoms with Gasteiger partial charge in [-0.1, -0.05) is 24.8 Å². The summed E-state index contributed by atoms with van der Waals surface area (Å²) in [7, 11) is 0. The smallest absolute Gasteiger partial charge is 0.303 e. The first-order chi connectivity index (χ1) is 11.0. The molecule has 0 aliphatic rings. The van der Waals surface area contributed by atoms with Crippen LogP contribution in [0.5, 0.6) is 0 Å². The molecule has 3 rings (SSSR count). The first kappa shape index (κ1) is 14.8. The van der Waals surface area contributed by atoms with Gasteiger partial charge in [0.25, 0.3) is 5.56 Å². The van der Waals surface area contributed by atoms with E-state index >= 15 is 0 Å². The standard InChI is InChI=1S/C18H14N2O3/c1-11-13-4-2-5-14-12(10-19)7-8-15(17(13)14)18(23)20(11)9-3-6-16(21)22/h2,4-5,7-8H,1,3,6,9H2,(H,21,22). The van der Waals surface area contributed by atoms with Gasteiger partial charge in [0.2, 0.25) is 0 Å².